The number of unbranched alkanes of at least 4 members (excludes halogenated alkanes) is 16. The Morgan fingerprint density at radius 1 is 0.519 bits per heavy atom. The summed E-state index contributed by atoms with van der Waals surface area (Å²) in [7, 11) is -3.84. The summed E-state index contributed by atoms with van der Waals surface area (Å²) < 4.78 is 21.9. The summed E-state index contributed by atoms with van der Waals surface area (Å²) in [5, 5.41) is 0. The highest BCUT2D eigenvalue weighted by atomic mass is 31.2. The maximum atomic E-state index is 11.8. The molecule has 0 spiro atoms. The molecule has 0 aliphatic carbocycles. The summed E-state index contributed by atoms with van der Waals surface area (Å²) >= 11 is 0. The molecule has 0 aromatic heterocycles. The molecular weight excluding hydrogens is 359 g/mol. The van der Waals surface area contributed by atoms with Gasteiger partial charge in [-0.05, 0) is 12.8 Å². The Morgan fingerprint density at radius 3 is 1.07 bits per heavy atom. The molecule has 4 nitrogen and oxygen atoms in total. The largest absolute Gasteiger partial charge is 0.472 e. The Balaban J connectivity index is 3.32. The van der Waals surface area contributed by atoms with E-state index in [4.69, 9.17) is 9.05 Å². The normalized spacial score (nSPS) is 12.0. The Hall–Kier alpha value is 0.110. The van der Waals surface area contributed by atoms with E-state index in [9.17, 15) is 9.46 Å². The van der Waals surface area contributed by atoms with E-state index in [1.54, 1.807) is 0 Å². The second kappa shape index (κ2) is 20.8. The lowest BCUT2D eigenvalue weighted by Gasteiger charge is -2.12. The highest BCUT2D eigenvalue weighted by Crippen LogP contribution is 2.43. The van der Waals surface area contributed by atoms with Crippen LogP contribution in [0.25, 0.3) is 0 Å². The van der Waals surface area contributed by atoms with Gasteiger partial charge in [-0.2, -0.15) is 0 Å². The Bertz CT molecular complexity index is 308. The molecule has 0 aliphatic heterocycles. The van der Waals surface area contributed by atoms with Crippen LogP contribution in [-0.4, -0.2) is 18.1 Å². The number of rotatable bonds is 22. The standard InChI is InChI=1S/C22H47O4P/c1-3-5-7-9-11-13-15-17-19-21-25-27(23,24)26-22-20-18-16-14-12-10-8-6-4-2/h3-22H2,1-2H3,(H,23,24). The van der Waals surface area contributed by atoms with Gasteiger partial charge in [-0.1, -0.05) is 117 Å². The van der Waals surface area contributed by atoms with E-state index >= 15 is 0 Å². The predicted octanol–water partition coefficient (Wildman–Crippen LogP) is 8.18. The van der Waals surface area contributed by atoms with E-state index in [0.717, 1.165) is 25.7 Å². The molecule has 0 aromatic rings. The highest BCUT2D eigenvalue weighted by Gasteiger charge is 2.19. The number of hydrogen-bond acceptors (Lipinski definition) is 3. The summed E-state index contributed by atoms with van der Waals surface area (Å²) in [4.78, 5) is 9.67. The van der Waals surface area contributed by atoms with Crippen molar-refractivity contribution in [3.05, 3.63) is 0 Å². The van der Waals surface area contributed by atoms with Crippen molar-refractivity contribution >= 4 is 7.82 Å². The van der Waals surface area contributed by atoms with Gasteiger partial charge in [0.1, 0.15) is 0 Å². The summed E-state index contributed by atoms with van der Waals surface area (Å²) in [6, 6.07) is 0. The van der Waals surface area contributed by atoms with E-state index in [1.807, 2.05) is 0 Å². The number of hydrogen-bond donors (Lipinski definition) is 1. The average Bonchev–Trinajstić information content (AvgIpc) is 2.64. The SMILES string of the molecule is CCCCCCCCCCCOP(=O)(O)OCCCCCCCCCCC. The highest BCUT2D eigenvalue weighted by molar-refractivity contribution is 7.47. The van der Waals surface area contributed by atoms with E-state index in [0.29, 0.717) is 13.2 Å². The molecule has 0 radical (unpaired) electrons. The zero-order valence-electron chi connectivity index (χ0n) is 18.3. The summed E-state index contributed by atoms with van der Waals surface area (Å²) in [5.41, 5.74) is 0. The molecule has 0 atom stereocenters. The summed E-state index contributed by atoms with van der Waals surface area (Å²) in [6.07, 6.45) is 21.9. The van der Waals surface area contributed by atoms with Crippen LogP contribution < -0.4 is 0 Å². The van der Waals surface area contributed by atoms with Gasteiger partial charge in [0.25, 0.3) is 0 Å². The lowest BCUT2D eigenvalue weighted by Crippen LogP contribution is -1.99. The van der Waals surface area contributed by atoms with Gasteiger partial charge in [-0.15, -0.1) is 0 Å². The third-order valence-corrected chi connectivity index (χ3v) is 6.02. The third kappa shape index (κ3) is 22.3. The lowest BCUT2D eigenvalue weighted by molar-refractivity contribution is 0.145. The molecule has 0 aromatic carbocycles. The maximum Gasteiger partial charge on any atom is 0.472 e. The van der Waals surface area contributed by atoms with E-state index in [1.165, 1.54) is 89.9 Å². The van der Waals surface area contributed by atoms with Crippen molar-refractivity contribution in [2.75, 3.05) is 13.2 Å². The molecule has 1 N–H and O–H groups in total. The predicted molar refractivity (Wildman–Crippen MR) is 116 cm³/mol. The first-order valence-corrected chi connectivity index (χ1v) is 13.2. The first kappa shape index (κ1) is 27.1. The quantitative estimate of drug-likeness (QED) is 0.145. The van der Waals surface area contributed by atoms with Gasteiger partial charge >= 0.3 is 7.82 Å². The second-order valence-electron chi connectivity index (χ2n) is 7.79. The van der Waals surface area contributed by atoms with Crippen molar-refractivity contribution in [3.63, 3.8) is 0 Å². The van der Waals surface area contributed by atoms with Gasteiger partial charge in [0, 0.05) is 0 Å². The van der Waals surface area contributed by atoms with Crippen molar-refractivity contribution in [2.45, 2.75) is 129 Å². The van der Waals surface area contributed by atoms with Crippen LogP contribution in [0.4, 0.5) is 0 Å². The minimum atomic E-state index is -3.84. The van der Waals surface area contributed by atoms with Crippen molar-refractivity contribution in [1.29, 1.82) is 0 Å². The van der Waals surface area contributed by atoms with Crippen LogP contribution in [0.2, 0.25) is 0 Å². The summed E-state index contributed by atoms with van der Waals surface area (Å²) in [6.45, 7) is 5.11. The minimum absolute atomic E-state index is 0.321. The van der Waals surface area contributed by atoms with Crippen LogP contribution in [0, 0.1) is 0 Å². The molecule has 0 unspecified atom stereocenters. The van der Waals surface area contributed by atoms with E-state index in [-0.39, 0.29) is 0 Å². The van der Waals surface area contributed by atoms with Crippen LogP contribution in [0.5, 0.6) is 0 Å². The lowest BCUT2D eigenvalue weighted by atomic mass is 10.1. The molecule has 0 saturated heterocycles. The minimum Gasteiger partial charge on any atom is -0.302 e. The topological polar surface area (TPSA) is 55.8 Å². The van der Waals surface area contributed by atoms with Gasteiger partial charge in [0.2, 0.25) is 0 Å². The first-order chi connectivity index (χ1) is 13.1. The molecule has 0 rings (SSSR count). The van der Waals surface area contributed by atoms with Crippen molar-refractivity contribution in [1.82, 2.24) is 0 Å². The van der Waals surface area contributed by atoms with Gasteiger partial charge in [0.05, 0.1) is 13.2 Å². The number of phosphoric acid groups is 1. The fourth-order valence-electron chi connectivity index (χ4n) is 3.22. The molecule has 0 aliphatic rings. The van der Waals surface area contributed by atoms with Crippen LogP contribution in [-0.2, 0) is 13.6 Å². The van der Waals surface area contributed by atoms with E-state index in [2.05, 4.69) is 13.8 Å². The Labute approximate surface area is 169 Å². The molecule has 5 heteroatoms. The van der Waals surface area contributed by atoms with Crippen molar-refractivity contribution < 1.29 is 18.5 Å². The van der Waals surface area contributed by atoms with Gasteiger partial charge in [-0.25, -0.2) is 4.57 Å². The zero-order chi connectivity index (χ0) is 20.1. The van der Waals surface area contributed by atoms with Crippen LogP contribution in [0.3, 0.4) is 0 Å². The molecule has 27 heavy (non-hydrogen) atoms. The maximum absolute atomic E-state index is 11.8. The monoisotopic (exact) mass is 406 g/mol. The van der Waals surface area contributed by atoms with E-state index < -0.39 is 7.82 Å². The Kier molecular flexibility index (Phi) is 20.9. The first-order valence-electron chi connectivity index (χ1n) is 11.7. The third-order valence-electron chi connectivity index (χ3n) is 5.00. The van der Waals surface area contributed by atoms with Gasteiger partial charge < -0.3 is 4.89 Å². The average molecular weight is 407 g/mol. The van der Waals surface area contributed by atoms with Crippen LogP contribution in [0.15, 0.2) is 0 Å². The Morgan fingerprint density at radius 2 is 0.778 bits per heavy atom. The van der Waals surface area contributed by atoms with Crippen LogP contribution in [0.1, 0.15) is 129 Å². The molecule has 0 amide bonds. The fraction of sp³-hybridized carbons (Fsp3) is 1.00. The molecule has 0 bridgehead atoms. The van der Waals surface area contributed by atoms with Crippen LogP contribution >= 0.6 is 7.82 Å². The molecule has 0 saturated carbocycles. The van der Waals surface area contributed by atoms with Gasteiger partial charge in [0.15, 0.2) is 0 Å². The smallest absolute Gasteiger partial charge is 0.302 e. The van der Waals surface area contributed by atoms with Gasteiger partial charge in [-0.3, -0.25) is 9.05 Å². The fourth-order valence-corrected chi connectivity index (χ4v) is 4.02. The molecule has 0 fully saturated rings. The molecular formula is C22H47O4P. The van der Waals surface area contributed by atoms with Crippen molar-refractivity contribution in [2.24, 2.45) is 0 Å². The number of phosphoric ester groups is 1. The zero-order valence-corrected chi connectivity index (χ0v) is 19.2. The molecule has 0 heterocycles. The van der Waals surface area contributed by atoms with Crippen molar-refractivity contribution in [3.8, 4) is 0 Å². The summed E-state index contributed by atoms with van der Waals surface area (Å²) in [5.74, 6) is 0. The second-order valence-corrected chi connectivity index (χ2v) is 9.25. The molecule has 164 valence electrons.